The van der Waals surface area contributed by atoms with E-state index in [0.29, 0.717) is 15.6 Å². The van der Waals surface area contributed by atoms with E-state index in [-0.39, 0.29) is 39.1 Å². The lowest BCUT2D eigenvalue weighted by Gasteiger charge is -2.49. The lowest BCUT2D eigenvalue weighted by Crippen LogP contribution is -2.71. The number of aromatic hydroxyl groups is 1. The Morgan fingerprint density at radius 3 is 2.42 bits per heavy atom. The highest BCUT2D eigenvalue weighted by molar-refractivity contribution is 8.01. The number of aliphatic carboxylic acids is 1. The van der Waals surface area contributed by atoms with Crippen LogP contribution in [0.1, 0.15) is 37.3 Å². The van der Waals surface area contributed by atoms with Crippen LogP contribution in [0.4, 0.5) is 0 Å². The first kappa shape index (κ1) is 34.4. The van der Waals surface area contributed by atoms with E-state index in [0.717, 1.165) is 39.1 Å². The Kier molecular flexibility index (Phi) is 9.76. The molecule has 0 aliphatic carbocycles. The Morgan fingerprint density at radius 2 is 1.78 bits per heavy atom. The number of aromatic amines is 1. The van der Waals surface area contributed by atoms with Crippen LogP contribution in [0.25, 0.3) is 11.3 Å². The van der Waals surface area contributed by atoms with Gasteiger partial charge < -0.3 is 31.6 Å². The van der Waals surface area contributed by atoms with Gasteiger partial charge in [0.2, 0.25) is 10.9 Å². The molecule has 2 aliphatic heterocycles. The molecule has 2 aromatic heterocycles. The molecule has 0 saturated carbocycles. The van der Waals surface area contributed by atoms with Gasteiger partial charge in [-0.2, -0.15) is 0 Å². The number of hydrogen-bond donors (Lipinski definition) is 6. The summed E-state index contributed by atoms with van der Waals surface area (Å²) < 4.78 is 0.398. The Morgan fingerprint density at radius 1 is 1.06 bits per heavy atom. The van der Waals surface area contributed by atoms with Crippen LogP contribution in [0.2, 0.25) is 0 Å². The molecule has 256 valence electrons. The third kappa shape index (κ3) is 6.98. The van der Waals surface area contributed by atoms with Crippen molar-refractivity contribution in [2.75, 3.05) is 11.5 Å². The number of nitrogens with zero attached hydrogens (tertiary/aromatic N) is 3. The number of aromatic nitrogens is 3. The molecule has 15 nitrogen and oxygen atoms in total. The van der Waals surface area contributed by atoms with E-state index >= 15 is 0 Å². The number of carbonyl (C=O) groups is 5. The fraction of sp³-hybridized carbons (Fsp3) is 0.188. The van der Waals surface area contributed by atoms with Crippen molar-refractivity contribution < 1.29 is 34.2 Å². The summed E-state index contributed by atoms with van der Waals surface area (Å²) in [4.78, 5) is 80.9. The molecule has 4 heterocycles. The molecule has 4 amide bonds. The Labute approximate surface area is 295 Å². The van der Waals surface area contributed by atoms with Gasteiger partial charge >= 0.3 is 5.97 Å². The summed E-state index contributed by atoms with van der Waals surface area (Å²) in [6.45, 7) is 1.93. The summed E-state index contributed by atoms with van der Waals surface area (Å²) in [5.74, 6) is -4.10. The molecule has 2 aliphatic rings. The first-order chi connectivity index (χ1) is 23.9. The van der Waals surface area contributed by atoms with E-state index < -0.39 is 52.6 Å². The molecule has 4 aromatic rings. The summed E-state index contributed by atoms with van der Waals surface area (Å²) in [7, 11) is 0. The number of H-pyrrole nitrogens is 1. The Hall–Kier alpha value is -5.46. The van der Waals surface area contributed by atoms with Crippen LogP contribution in [0.3, 0.4) is 0 Å². The number of nitrogens with one attached hydrogen (secondary N) is 3. The van der Waals surface area contributed by atoms with Gasteiger partial charge in [0.15, 0.2) is 4.34 Å². The van der Waals surface area contributed by atoms with Crippen LogP contribution in [0.15, 0.2) is 81.1 Å². The minimum atomic E-state index is -1.40. The standard InChI is InChI=1S/C32H27N7O8S3/c1-14-2-4-15(5-3-14)20-11-10-19(25(42)34-20)26(43)35-21(16-6-8-18(40)9-7-16)27(44)36-22-29(45)39-23(31(46)47)17(12-48-30(22)39)13-49-32-38-37-28(50-32)24(33)41/h2-11,21-22,30,40H,12-13H2,1H3,(H2,33,41)(H,34,42)(H,35,43)(H,36,44)(H,46,47)/t21?,22?,30-/m0/s1. The average molecular weight is 734 g/mol. The van der Waals surface area contributed by atoms with Crippen molar-refractivity contribution in [3.63, 3.8) is 0 Å². The van der Waals surface area contributed by atoms with Gasteiger partial charge in [-0.1, -0.05) is 65.1 Å². The highest BCUT2D eigenvalue weighted by Crippen LogP contribution is 2.42. The van der Waals surface area contributed by atoms with Gasteiger partial charge in [-0.3, -0.25) is 28.9 Å². The number of amides is 4. The van der Waals surface area contributed by atoms with Gasteiger partial charge in [0.25, 0.3) is 23.3 Å². The molecule has 7 N–H and O–H groups in total. The van der Waals surface area contributed by atoms with Crippen LogP contribution < -0.4 is 21.9 Å². The van der Waals surface area contributed by atoms with Crippen LogP contribution in [0.5, 0.6) is 5.75 Å². The van der Waals surface area contributed by atoms with Crippen LogP contribution in [0, 0.1) is 6.92 Å². The lowest BCUT2D eigenvalue weighted by molar-refractivity contribution is -0.151. The van der Waals surface area contributed by atoms with Crippen molar-refractivity contribution in [2.45, 2.75) is 28.7 Å². The molecule has 0 radical (unpaired) electrons. The molecule has 0 spiro atoms. The first-order valence-corrected chi connectivity index (χ1v) is 17.6. The number of pyridine rings is 1. The van der Waals surface area contributed by atoms with E-state index in [1.165, 1.54) is 42.1 Å². The van der Waals surface area contributed by atoms with Crippen molar-refractivity contribution in [1.29, 1.82) is 0 Å². The highest BCUT2D eigenvalue weighted by atomic mass is 32.2. The minimum absolute atomic E-state index is 0.0131. The predicted molar refractivity (Wildman–Crippen MR) is 184 cm³/mol. The van der Waals surface area contributed by atoms with Crippen molar-refractivity contribution in [1.82, 2.24) is 30.7 Å². The molecule has 0 bridgehead atoms. The zero-order chi connectivity index (χ0) is 35.7. The van der Waals surface area contributed by atoms with E-state index in [9.17, 15) is 39.0 Å². The Bertz CT molecular complexity index is 2110. The van der Waals surface area contributed by atoms with Crippen LogP contribution in [-0.2, 0) is 14.4 Å². The second-order valence-electron chi connectivity index (χ2n) is 11.2. The second kappa shape index (κ2) is 14.2. The summed E-state index contributed by atoms with van der Waals surface area (Å²) in [6, 6.07) is 13.3. The smallest absolute Gasteiger partial charge is 0.352 e. The lowest BCUT2D eigenvalue weighted by atomic mass is 10.0. The molecule has 1 saturated heterocycles. The van der Waals surface area contributed by atoms with Gasteiger partial charge in [-0.15, -0.1) is 22.0 Å². The van der Waals surface area contributed by atoms with Crippen molar-refractivity contribution in [3.8, 4) is 17.0 Å². The number of primary amides is 1. The predicted octanol–water partition coefficient (Wildman–Crippen LogP) is 2.01. The van der Waals surface area contributed by atoms with Gasteiger partial charge in [-0.05, 0) is 47.9 Å². The molecule has 2 aromatic carbocycles. The number of carbonyl (C=O) groups excluding carboxylic acids is 4. The van der Waals surface area contributed by atoms with Gasteiger partial charge in [-0.25, -0.2) is 4.79 Å². The number of β-lactam (4-membered cyclic amide) rings is 1. The molecule has 2 unspecified atom stereocenters. The minimum Gasteiger partial charge on any atom is -0.508 e. The number of aryl methyl sites for hydroxylation is 1. The topological polar surface area (TPSA) is 238 Å². The average Bonchev–Trinajstić information content (AvgIpc) is 3.58. The first-order valence-electron chi connectivity index (χ1n) is 14.8. The third-order valence-electron chi connectivity index (χ3n) is 7.82. The number of benzene rings is 2. The SMILES string of the molecule is Cc1ccc(-c2ccc(C(=O)NC(C(=O)NC3C(=O)N4C(C(=O)O)=C(CSc5nnc(C(N)=O)s5)CS[C@@H]34)c3ccc(O)cc3)c(=O)[nH]2)cc1. The summed E-state index contributed by atoms with van der Waals surface area (Å²) in [5, 5.41) is 31.9. The molecule has 6 rings (SSSR count). The monoisotopic (exact) mass is 733 g/mol. The maximum atomic E-state index is 13.7. The molecule has 3 atom stereocenters. The van der Waals surface area contributed by atoms with Gasteiger partial charge in [0.05, 0.1) is 0 Å². The molecule has 1 fully saturated rings. The molecular weight excluding hydrogens is 707 g/mol. The maximum absolute atomic E-state index is 13.7. The van der Waals surface area contributed by atoms with Crippen molar-refractivity contribution in [2.24, 2.45) is 5.73 Å². The second-order valence-corrected chi connectivity index (χ2v) is 14.5. The van der Waals surface area contributed by atoms with E-state index in [2.05, 4.69) is 25.8 Å². The van der Waals surface area contributed by atoms with Gasteiger partial charge in [0.1, 0.15) is 34.5 Å². The number of hydrogen-bond acceptors (Lipinski definition) is 12. The molecular formula is C32H27N7O8S3. The number of carboxylic acid groups (broad SMARTS) is 1. The number of thioether (sulfide) groups is 2. The summed E-state index contributed by atoms with van der Waals surface area (Å²) >= 11 is 3.36. The maximum Gasteiger partial charge on any atom is 0.352 e. The van der Waals surface area contributed by atoms with E-state index in [4.69, 9.17) is 5.73 Å². The fourth-order valence-electron chi connectivity index (χ4n) is 5.28. The number of carboxylic acids is 1. The zero-order valence-electron chi connectivity index (χ0n) is 25.9. The van der Waals surface area contributed by atoms with Crippen molar-refractivity contribution >= 4 is 64.5 Å². The highest BCUT2D eigenvalue weighted by Gasteiger charge is 2.54. The number of nitrogens with two attached hydrogens (primary N) is 1. The quantitative estimate of drug-likeness (QED) is 0.0959. The summed E-state index contributed by atoms with van der Waals surface area (Å²) in [6.07, 6.45) is 0. The van der Waals surface area contributed by atoms with E-state index in [1.54, 1.807) is 6.07 Å². The largest absolute Gasteiger partial charge is 0.508 e. The van der Waals surface area contributed by atoms with Crippen LogP contribution in [-0.4, -0.2) is 82.8 Å². The van der Waals surface area contributed by atoms with Gasteiger partial charge in [0, 0.05) is 17.2 Å². The van der Waals surface area contributed by atoms with Crippen molar-refractivity contribution in [3.05, 3.63) is 104 Å². The third-order valence-corrected chi connectivity index (χ3v) is 11.3. The molecule has 50 heavy (non-hydrogen) atoms. The normalized spacial score (nSPS) is 17.4. The number of phenols is 1. The fourth-order valence-corrected chi connectivity index (χ4v) is 8.47. The molecule has 18 heteroatoms. The Balaban J connectivity index is 1.18. The van der Waals surface area contributed by atoms with Crippen LogP contribution >= 0.6 is 34.9 Å². The number of phenolic OH excluding ortho intramolecular Hbond substituents is 1. The number of fused-ring (bicyclic) bond motifs is 1. The zero-order valence-corrected chi connectivity index (χ0v) is 28.4. The summed E-state index contributed by atoms with van der Waals surface area (Å²) in [5.41, 5.74) is 7.02. The van der Waals surface area contributed by atoms with E-state index in [1.807, 2.05) is 31.2 Å². The number of rotatable bonds is 11.